The molecule has 6 rings (SSSR count). The van der Waals surface area contributed by atoms with Crippen LogP contribution < -0.4 is 9.47 Å². The monoisotopic (exact) mass is 1040 g/mol. The number of aliphatic hydroxyl groups is 2. The third-order valence-electron chi connectivity index (χ3n) is 16.7. The predicted molar refractivity (Wildman–Crippen MR) is 318 cm³/mol. The number of carbonyl (C=O) groups excluding carboxylic acids is 1. The number of benzene rings is 6. The summed E-state index contributed by atoms with van der Waals surface area (Å²) in [5, 5.41) is 30.6. The van der Waals surface area contributed by atoms with E-state index in [1.165, 1.54) is 40.5 Å². The number of hydrogen-bond donors (Lipinski definition) is 3. The maximum Gasteiger partial charge on any atom is 0.310 e. The van der Waals surface area contributed by atoms with Gasteiger partial charge in [0.1, 0.15) is 11.5 Å². The van der Waals surface area contributed by atoms with Crippen LogP contribution in [0.25, 0.3) is 34.4 Å². The molecule has 0 spiro atoms. The molecule has 8 nitrogen and oxygen atoms in total. The second kappa shape index (κ2) is 27.5. The molecule has 0 unspecified atom stereocenters. The van der Waals surface area contributed by atoms with Gasteiger partial charge in [0.05, 0.1) is 45.4 Å². The van der Waals surface area contributed by atoms with E-state index in [-0.39, 0.29) is 29.6 Å². The summed E-state index contributed by atoms with van der Waals surface area (Å²) < 4.78 is 15.7. The molecule has 6 aromatic rings. The average Bonchev–Trinajstić information content (AvgIpc) is 3.47. The van der Waals surface area contributed by atoms with Crippen LogP contribution in [-0.2, 0) is 38.0 Å². The van der Waals surface area contributed by atoms with Crippen molar-refractivity contribution in [1.82, 2.24) is 0 Å². The Bertz CT molecular complexity index is 2940. The molecule has 0 bridgehead atoms. The van der Waals surface area contributed by atoms with Gasteiger partial charge >= 0.3 is 11.9 Å². The summed E-state index contributed by atoms with van der Waals surface area (Å²) in [6, 6.07) is 42.5. The zero-order chi connectivity index (χ0) is 56.6. The Morgan fingerprint density at radius 2 is 0.779 bits per heavy atom. The summed E-state index contributed by atoms with van der Waals surface area (Å²) in [6.45, 7) is 21.3. The number of carbonyl (C=O) groups is 2. The van der Waals surface area contributed by atoms with Gasteiger partial charge in [0, 0.05) is 22.0 Å². The van der Waals surface area contributed by atoms with Crippen molar-refractivity contribution >= 4 is 24.1 Å². The maximum absolute atomic E-state index is 11.9. The first kappa shape index (κ1) is 61.1. The summed E-state index contributed by atoms with van der Waals surface area (Å²) in [5.41, 5.74) is 13.7. The lowest BCUT2D eigenvalue weighted by molar-refractivity contribution is -0.140. The lowest BCUT2D eigenvalue weighted by Crippen LogP contribution is -2.26. The highest BCUT2D eigenvalue weighted by Crippen LogP contribution is 2.43. The van der Waals surface area contributed by atoms with E-state index in [0.717, 1.165) is 64.6 Å². The topological polar surface area (TPSA) is 123 Å². The van der Waals surface area contributed by atoms with Crippen LogP contribution in [0.5, 0.6) is 11.5 Å². The summed E-state index contributed by atoms with van der Waals surface area (Å²) >= 11 is 0. The SMILES string of the molecule is CCC(O)(/C=C/c1ccc(C(CC)(CC)c2ccc(-c3ccc(OC)c(CC(=O)O)c3)cc2)cc1C)CC.CCC(O)(/C=C/c1ccc(C(CC)(CC)c2ccc(-c3ccc(OC)c(CC(=O)OC)c3)cc2)cc1C)CC. The molecule has 0 heterocycles. The summed E-state index contributed by atoms with van der Waals surface area (Å²) in [5.74, 6) is 0.0975. The molecular weight excluding hydrogens is 957 g/mol. The van der Waals surface area contributed by atoms with Crippen molar-refractivity contribution in [2.75, 3.05) is 21.3 Å². The number of ether oxygens (including phenoxy) is 3. The molecule has 0 saturated carbocycles. The Kier molecular flexibility index (Phi) is 21.9. The number of aryl methyl sites for hydroxylation is 2. The summed E-state index contributed by atoms with van der Waals surface area (Å²) in [6.07, 6.45) is 14.8. The van der Waals surface area contributed by atoms with Crippen molar-refractivity contribution in [2.45, 2.75) is 155 Å². The molecule has 77 heavy (non-hydrogen) atoms. The van der Waals surface area contributed by atoms with Gasteiger partial charge < -0.3 is 29.5 Å². The number of carboxylic acids is 1. The number of methoxy groups -OCH3 is 3. The van der Waals surface area contributed by atoms with E-state index in [0.29, 0.717) is 42.7 Å². The number of carboxylic acid groups (broad SMARTS) is 1. The highest BCUT2D eigenvalue weighted by Gasteiger charge is 2.33. The molecule has 0 amide bonds. The standard InChI is InChI=1S/C35H44O4.C34H42O4/c1-8-34(37,9-2)21-20-26-12-18-31(22-25(26)5)35(10-3,11-4)30-16-13-27(14-17-30)28-15-19-32(38-6)29(23-28)24-33(36)39-7;1-7-33(37,8-2)20-19-25-11-17-30(21-24(25)5)34(9-3,10-4)29-15-12-26(13-16-29)27-14-18-31(38-6)28(22-27)23-32(35)36/h12-23,37H,8-11,24H2,1-7H3;11-22,37H,7-10,23H2,1-6H3,(H,35,36)/b21-20+;20-19+. The lowest BCUT2D eigenvalue weighted by atomic mass is 9.70. The molecule has 0 aromatic heterocycles. The van der Waals surface area contributed by atoms with Gasteiger partial charge in [0.25, 0.3) is 0 Å². The predicted octanol–water partition coefficient (Wildman–Crippen LogP) is 16.0. The molecular formula is C69H86O8. The van der Waals surface area contributed by atoms with Crippen molar-refractivity contribution < 1.29 is 39.1 Å². The molecule has 0 saturated heterocycles. The smallest absolute Gasteiger partial charge is 0.310 e. The van der Waals surface area contributed by atoms with Gasteiger partial charge in [0.2, 0.25) is 0 Å². The van der Waals surface area contributed by atoms with Crippen molar-refractivity contribution in [3.63, 3.8) is 0 Å². The zero-order valence-electron chi connectivity index (χ0n) is 48.3. The van der Waals surface area contributed by atoms with Crippen LogP contribution in [0.1, 0.15) is 162 Å². The molecule has 8 heteroatoms. The highest BCUT2D eigenvalue weighted by molar-refractivity contribution is 5.76. The largest absolute Gasteiger partial charge is 0.496 e. The Morgan fingerprint density at radius 3 is 1.08 bits per heavy atom. The third-order valence-corrected chi connectivity index (χ3v) is 16.7. The van der Waals surface area contributed by atoms with Crippen LogP contribution in [0.15, 0.2) is 133 Å². The first-order valence-corrected chi connectivity index (χ1v) is 27.7. The van der Waals surface area contributed by atoms with E-state index in [4.69, 9.17) is 14.2 Å². The minimum Gasteiger partial charge on any atom is -0.496 e. The number of aliphatic carboxylic acids is 1. The fourth-order valence-corrected chi connectivity index (χ4v) is 10.8. The minimum absolute atomic E-state index is 0.0788. The molecule has 0 atom stereocenters. The van der Waals surface area contributed by atoms with Gasteiger partial charge in [-0.3, -0.25) is 9.59 Å². The third kappa shape index (κ3) is 14.4. The fourth-order valence-electron chi connectivity index (χ4n) is 10.8. The maximum atomic E-state index is 11.9. The van der Waals surface area contributed by atoms with E-state index in [1.807, 2.05) is 82.3 Å². The summed E-state index contributed by atoms with van der Waals surface area (Å²) in [7, 11) is 4.57. The van der Waals surface area contributed by atoms with Crippen molar-refractivity contribution in [1.29, 1.82) is 0 Å². The molecule has 410 valence electrons. The van der Waals surface area contributed by atoms with Crippen LogP contribution in [0.2, 0.25) is 0 Å². The van der Waals surface area contributed by atoms with Gasteiger partial charge in [-0.05, 0) is 156 Å². The van der Waals surface area contributed by atoms with Gasteiger partial charge in [0.15, 0.2) is 0 Å². The Morgan fingerprint density at radius 1 is 0.442 bits per heavy atom. The minimum atomic E-state index is -0.880. The van der Waals surface area contributed by atoms with Crippen LogP contribution in [-0.4, -0.2) is 59.8 Å². The van der Waals surface area contributed by atoms with E-state index in [1.54, 1.807) is 14.2 Å². The number of esters is 1. The van der Waals surface area contributed by atoms with Gasteiger partial charge in [-0.25, -0.2) is 0 Å². The molecule has 0 fully saturated rings. The normalized spacial score (nSPS) is 12.1. The molecule has 3 N–H and O–H groups in total. The van der Waals surface area contributed by atoms with Crippen molar-refractivity contribution in [3.05, 3.63) is 189 Å². The molecule has 6 aromatic carbocycles. The molecule has 0 aliphatic carbocycles. The fraction of sp³-hybridized carbons (Fsp3) is 0.391. The van der Waals surface area contributed by atoms with Gasteiger partial charge in [-0.1, -0.05) is 177 Å². The average molecular weight is 1040 g/mol. The van der Waals surface area contributed by atoms with E-state index in [9.17, 15) is 24.9 Å². The van der Waals surface area contributed by atoms with Crippen LogP contribution in [0.4, 0.5) is 0 Å². The van der Waals surface area contributed by atoms with E-state index >= 15 is 0 Å². The quantitative estimate of drug-likeness (QED) is 0.0513. The Balaban J connectivity index is 0.000000284. The first-order chi connectivity index (χ1) is 36.8. The highest BCUT2D eigenvalue weighted by atomic mass is 16.5. The number of rotatable bonds is 24. The van der Waals surface area contributed by atoms with Crippen molar-refractivity contribution in [3.8, 4) is 33.8 Å². The summed E-state index contributed by atoms with van der Waals surface area (Å²) in [4.78, 5) is 23.2. The van der Waals surface area contributed by atoms with E-state index < -0.39 is 17.2 Å². The lowest BCUT2D eigenvalue weighted by Gasteiger charge is -2.34. The molecule has 0 aliphatic heterocycles. The van der Waals surface area contributed by atoms with Crippen LogP contribution >= 0.6 is 0 Å². The first-order valence-electron chi connectivity index (χ1n) is 27.7. The van der Waals surface area contributed by atoms with Gasteiger partial charge in [-0.2, -0.15) is 0 Å². The van der Waals surface area contributed by atoms with Crippen molar-refractivity contribution in [2.24, 2.45) is 0 Å². The molecule has 0 radical (unpaired) electrons. The Hall–Kier alpha value is -6.74. The van der Waals surface area contributed by atoms with Crippen LogP contribution in [0.3, 0.4) is 0 Å². The second-order valence-electron chi connectivity index (χ2n) is 20.5. The van der Waals surface area contributed by atoms with Gasteiger partial charge in [-0.15, -0.1) is 0 Å². The van der Waals surface area contributed by atoms with Crippen LogP contribution in [0, 0.1) is 13.8 Å². The zero-order valence-corrected chi connectivity index (χ0v) is 48.3. The Labute approximate surface area is 460 Å². The molecule has 0 aliphatic rings. The second-order valence-corrected chi connectivity index (χ2v) is 20.5. The number of hydrogen-bond acceptors (Lipinski definition) is 7. The van der Waals surface area contributed by atoms with E-state index in [2.05, 4.69) is 133 Å².